The minimum absolute atomic E-state index is 0.789. The van der Waals surface area contributed by atoms with E-state index < -0.39 is 0 Å². The second-order valence-electron chi connectivity index (χ2n) is 5.58. The number of anilines is 2. The monoisotopic (exact) mass is 316 g/mol. The standard InChI is InChI=1S/C20H20N4/c1-22-18-10-12-20(13-11-18)24-23-19-8-4-16(5-9-19)14-15-2-6-17(21)7-3-15/h2-13,22H,14,21H2,1H3/b24-23+. The molecule has 0 saturated heterocycles. The van der Waals surface area contributed by atoms with Crippen molar-refractivity contribution in [3.05, 3.63) is 83.9 Å². The highest BCUT2D eigenvalue weighted by molar-refractivity contribution is 5.50. The molecule has 0 atom stereocenters. The number of nitrogens with two attached hydrogens (primary N) is 1. The molecule has 0 fully saturated rings. The normalized spacial score (nSPS) is 10.9. The van der Waals surface area contributed by atoms with Gasteiger partial charge >= 0.3 is 0 Å². The van der Waals surface area contributed by atoms with Crippen LogP contribution in [0, 0.1) is 0 Å². The lowest BCUT2D eigenvalue weighted by Crippen LogP contribution is -1.89. The lowest BCUT2D eigenvalue weighted by Gasteiger charge is -2.03. The highest BCUT2D eigenvalue weighted by Crippen LogP contribution is 2.21. The summed E-state index contributed by atoms with van der Waals surface area (Å²) < 4.78 is 0. The van der Waals surface area contributed by atoms with Crippen molar-refractivity contribution >= 4 is 22.7 Å². The molecule has 4 heteroatoms. The molecule has 4 nitrogen and oxygen atoms in total. The van der Waals surface area contributed by atoms with Crippen LogP contribution in [-0.2, 0) is 6.42 Å². The van der Waals surface area contributed by atoms with Gasteiger partial charge < -0.3 is 11.1 Å². The minimum atomic E-state index is 0.789. The number of hydrogen-bond donors (Lipinski definition) is 2. The Morgan fingerprint density at radius 3 is 1.67 bits per heavy atom. The van der Waals surface area contributed by atoms with Gasteiger partial charge in [0, 0.05) is 18.4 Å². The van der Waals surface area contributed by atoms with Gasteiger partial charge in [0.05, 0.1) is 11.4 Å². The average Bonchev–Trinajstić information content (AvgIpc) is 2.63. The number of hydrogen-bond acceptors (Lipinski definition) is 4. The smallest absolute Gasteiger partial charge is 0.0858 e. The summed E-state index contributed by atoms with van der Waals surface area (Å²) in [5.41, 5.74) is 11.7. The summed E-state index contributed by atoms with van der Waals surface area (Å²) in [5.74, 6) is 0. The van der Waals surface area contributed by atoms with E-state index in [1.807, 2.05) is 55.6 Å². The summed E-state index contributed by atoms with van der Waals surface area (Å²) in [5, 5.41) is 11.6. The first-order valence-corrected chi connectivity index (χ1v) is 7.86. The molecule has 0 unspecified atom stereocenters. The van der Waals surface area contributed by atoms with E-state index in [4.69, 9.17) is 5.73 Å². The summed E-state index contributed by atoms with van der Waals surface area (Å²) in [7, 11) is 1.89. The van der Waals surface area contributed by atoms with Gasteiger partial charge in [-0.2, -0.15) is 10.2 Å². The third-order valence-electron chi connectivity index (χ3n) is 3.76. The molecule has 0 heterocycles. The highest BCUT2D eigenvalue weighted by Gasteiger charge is 1.98. The lowest BCUT2D eigenvalue weighted by molar-refractivity contribution is 1.18. The SMILES string of the molecule is CNc1ccc(/N=N/c2ccc(Cc3ccc(N)cc3)cc2)cc1. The topological polar surface area (TPSA) is 62.8 Å². The molecule has 0 radical (unpaired) electrons. The number of benzene rings is 3. The van der Waals surface area contributed by atoms with Crippen molar-refractivity contribution in [3.8, 4) is 0 Å². The van der Waals surface area contributed by atoms with E-state index in [1.54, 1.807) is 0 Å². The molecular weight excluding hydrogens is 296 g/mol. The molecule has 3 aromatic carbocycles. The van der Waals surface area contributed by atoms with Gasteiger partial charge in [-0.3, -0.25) is 0 Å². The van der Waals surface area contributed by atoms with Crippen LogP contribution < -0.4 is 11.1 Å². The molecular formula is C20H20N4. The number of nitrogens with one attached hydrogen (secondary N) is 1. The van der Waals surface area contributed by atoms with Crippen LogP contribution in [0.25, 0.3) is 0 Å². The predicted molar refractivity (Wildman–Crippen MR) is 100 cm³/mol. The predicted octanol–water partition coefficient (Wildman–Crippen LogP) is 5.32. The first kappa shape index (κ1) is 15.7. The zero-order chi connectivity index (χ0) is 16.8. The third-order valence-corrected chi connectivity index (χ3v) is 3.76. The van der Waals surface area contributed by atoms with Crippen LogP contribution >= 0.6 is 0 Å². The second kappa shape index (κ2) is 7.42. The minimum Gasteiger partial charge on any atom is -0.399 e. The molecule has 0 aliphatic rings. The van der Waals surface area contributed by atoms with Crippen LogP contribution in [0.5, 0.6) is 0 Å². The van der Waals surface area contributed by atoms with Crippen molar-refractivity contribution in [1.82, 2.24) is 0 Å². The average molecular weight is 316 g/mol. The van der Waals surface area contributed by atoms with Gasteiger partial charge in [0.1, 0.15) is 0 Å². The zero-order valence-corrected chi connectivity index (χ0v) is 13.6. The van der Waals surface area contributed by atoms with Gasteiger partial charge in [-0.25, -0.2) is 0 Å². The largest absolute Gasteiger partial charge is 0.399 e. The van der Waals surface area contributed by atoms with E-state index in [1.165, 1.54) is 11.1 Å². The van der Waals surface area contributed by atoms with Gasteiger partial charge in [0.25, 0.3) is 0 Å². The van der Waals surface area contributed by atoms with Crippen LogP contribution in [0.1, 0.15) is 11.1 Å². The second-order valence-corrected chi connectivity index (χ2v) is 5.58. The van der Waals surface area contributed by atoms with Gasteiger partial charge in [0.15, 0.2) is 0 Å². The van der Waals surface area contributed by atoms with E-state index >= 15 is 0 Å². The van der Waals surface area contributed by atoms with Crippen LogP contribution in [-0.4, -0.2) is 7.05 Å². The van der Waals surface area contributed by atoms with Crippen LogP contribution in [0.3, 0.4) is 0 Å². The molecule has 0 spiro atoms. The molecule has 3 N–H and O–H groups in total. The summed E-state index contributed by atoms with van der Waals surface area (Å²) in [6, 6.07) is 23.9. The Labute approximate surface area is 142 Å². The van der Waals surface area contributed by atoms with Crippen molar-refractivity contribution in [3.63, 3.8) is 0 Å². The maximum absolute atomic E-state index is 5.71. The molecule has 0 aliphatic carbocycles. The maximum Gasteiger partial charge on any atom is 0.0858 e. The number of rotatable bonds is 5. The summed E-state index contributed by atoms with van der Waals surface area (Å²) in [4.78, 5) is 0. The number of nitrogens with zero attached hydrogens (tertiary/aromatic N) is 2. The summed E-state index contributed by atoms with van der Waals surface area (Å²) >= 11 is 0. The molecule has 120 valence electrons. The fourth-order valence-corrected chi connectivity index (χ4v) is 2.36. The van der Waals surface area contributed by atoms with Crippen LogP contribution in [0.15, 0.2) is 83.0 Å². The van der Waals surface area contributed by atoms with Gasteiger partial charge in [-0.1, -0.05) is 24.3 Å². The maximum atomic E-state index is 5.71. The Bertz CT molecular complexity index is 804. The van der Waals surface area contributed by atoms with Crippen molar-refractivity contribution in [2.45, 2.75) is 6.42 Å². The van der Waals surface area contributed by atoms with Crippen LogP contribution in [0.2, 0.25) is 0 Å². The summed E-state index contributed by atoms with van der Waals surface area (Å²) in [6.45, 7) is 0. The first-order valence-electron chi connectivity index (χ1n) is 7.86. The molecule has 3 aromatic rings. The number of nitrogen functional groups attached to an aromatic ring is 1. The van der Waals surface area contributed by atoms with Gasteiger partial charge in [0.2, 0.25) is 0 Å². The van der Waals surface area contributed by atoms with Crippen molar-refractivity contribution in [2.75, 3.05) is 18.1 Å². The molecule has 0 aromatic heterocycles. The molecule has 0 bridgehead atoms. The Balaban J connectivity index is 1.65. The molecule has 3 rings (SSSR count). The van der Waals surface area contributed by atoms with Crippen molar-refractivity contribution in [2.24, 2.45) is 10.2 Å². The number of azo groups is 1. The van der Waals surface area contributed by atoms with E-state index in [0.717, 1.165) is 29.2 Å². The van der Waals surface area contributed by atoms with Crippen molar-refractivity contribution in [1.29, 1.82) is 0 Å². The first-order chi connectivity index (χ1) is 11.7. The fraction of sp³-hybridized carbons (Fsp3) is 0.100. The molecule has 24 heavy (non-hydrogen) atoms. The van der Waals surface area contributed by atoms with Crippen molar-refractivity contribution < 1.29 is 0 Å². The van der Waals surface area contributed by atoms with E-state index in [0.29, 0.717) is 0 Å². The Morgan fingerprint density at radius 1 is 0.708 bits per heavy atom. The van der Waals surface area contributed by atoms with E-state index in [-0.39, 0.29) is 0 Å². The molecule has 0 saturated carbocycles. The Kier molecular flexibility index (Phi) is 4.87. The Morgan fingerprint density at radius 2 is 1.17 bits per heavy atom. The zero-order valence-electron chi connectivity index (χ0n) is 13.6. The molecule has 0 aliphatic heterocycles. The third kappa shape index (κ3) is 4.20. The van der Waals surface area contributed by atoms with E-state index in [9.17, 15) is 0 Å². The quantitative estimate of drug-likeness (QED) is 0.494. The Hall–Kier alpha value is -3.14. The fourth-order valence-electron chi connectivity index (χ4n) is 2.36. The highest BCUT2D eigenvalue weighted by atomic mass is 15.1. The lowest BCUT2D eigenvalue weighted by atomic mass is 10.0. The van der Waals surface area contributed by atoms with Gasteiger partial charge in [-0.05, 0) is 66.1 Å². The van der Waals surface area contributed by atoms with E-state index in [2.05, 4.69) is 39.8 Å². The summed E-state index contributed by atoms with van der Waals surface area (Å²) in [6.07, 6.45) is 0.878. The van der Waals surface area contributed by atoms with Gasteiger partial charge in [-0.15, -0.1) is 0 Å². The van der Waals surface area contributed by atoms with Crippen LogP contribution in [0.4, 0.5) is 22.7 Å². The molecule has 0 amide bonds.